The van der Waals surface area contributed by atoms with Crippen molar-refractivity contribution >= 4 is 23.2 Å². The first-order chi connectivity index (χ1) is 11.5. The first-order valence-electron chi connectivity index (χ1n) is 7.28. The Labute approximate surface area is 146 Å². The van der Waals surface area contributed by atoms with Crippen molar-refractivity contribution in [3.63, 3.8) is 0 Å². The van der Waals surface area contributed by atoms with Crippen molar-refractivity contribution in [3.05, 3.63) is 57.6 Å². The van der Waals surface area contributed by atoms with E-state index >= 15 is 0 Å². The van der Waals surface area contributed by atoms with Crippen LogP contribution in [-0.2, 0) is 0 Å². The molecule has 0 saturated carbocycles. The number of hydrogen-bond donors (Lipinski definition) is 1. The Balaban J connectivity index is 2.02. The molecule has 0 amide bonds. The summed E-state index contributed by atoms with van der Waals surface area (Å²) in [5.41, 5.74) is 0.445. The number of nitrogens with one attached hydrogen (secondary N) is 1. The van der Waals surface area contributed by atoms with E-state index in [2.05, 4.69) is 10.3 Å². The molecule has 1 N–H and O–H groups in total. The van der Waals surface area contributed by atoms with Crippen LogP contribution in [0.3, 0.4) is 0 Å². The highest BCUT2D eigenvalue weighted by Gasteiger charge is 2.31. The van der Waals surface area contributed by atoms with Gasteiger partial charge in [0.25, 0.3) is 0 Å². The molecule has 3 nitrogen and oxygen atoms in total. The van der Waals surface area contributed by atoms with Gasteiger partial charge in [-0.2, -0.15) is 0 Å². The van der Waals surface area contributed by atoms with Crippen LogP contribution in [0.5, 0.6) is 5.75 Å². The Kier molecular flexibility index (Phi) is 5.18. The molecule has 2 atom stereocenters. The second kappa shape index (κ2) is 7.17. The minimum absolute atomic E-state index is 0.0490. The lowest BCUT2D eigenvalue weighted by molar-refractivity contribution is 0.143. The fraction of sp³-hybridized carbons (Fsp3) is 0.312. The summed E-state index contributed by atoms with van der Waals surface area (Å²) in [6.07, 6.45) is 2.56. The van der Waals surface area contributed by atoms with Crippen LogP contribution in [0.25, 0.3) is 0 Å². The monoisotopic (exact) mass is 376 g/mol. The summed E-state index contributed by atoms with van der Waals surface area (Å²) in [5.74, 6) is -2.83. The molecule has 1 aromatic heterocycles. The molecule has 2 heterocycles. The zero-order chi connectivity index (χ0) is 17.3. The number of ether oxygens (including phenoxy) is 1. The Morgan fingerprint density at radius 2 is 1.83 bits per heavy atom. The van der Waals surface area contributed by atoms with Gasteiger partial charge in [0, 0.05) is 30.3 Å². The van der Waals surface area contributed by atoms with Crippen molar-refractivity contribution in [3.8, 4) is 5.75 Å². The number of pyridine rings is 1. The maximum Gasteiger partial charge on any atom is 0.163 e. The molecule has 24 heavy (non-hydrogen) atoms. The zero-order valence-electron chi connectivity index (χ0n) is 12.3. The number of halogens is 5. The number of benzene rings is 1. The van der Waals surface area contributed by atoms with Gasteiger partial charge in [0.2, 0.25) is 0 Å². The summed E-state index contributed by atoms with van der Waals surface area (Å²) in [6, 6.07) is 1.86. The van der Waals surface area contributed by atoms with Crippen LogP contribution in [0.2, 0.25) is 10.0 Å². The van der Waals surface area contributed by atoms with E-state index in [9.17, 15) is 13.2 Å². The van der Waals surface area contributed by atoms with Gasteiger partial charge < -0.3 is 10.1 Å². The summed E-state index contributed by atoms with van der Waals surface area (Å²) >= 11 is 11.8. The lowest BCUT2D eigenvalue weighted by Crippen LogP contribution is -2.22. The van der Waals surface area contributed by atoms with Gasteiger partial charge in [0.1, 0.15) is 33.6 Å². The maximum absolute atomic E-state index is 13.7. The van der Waals surface area contributed by atoms with Crippen LogP contribution in [0.15, 0.2) is 24.5 Å². The number of nitrogens with zero attached hydrogens (tertiary/aromatic N) is 1. The third-order valence-electron chi connectivity index (χ3n) is 3.90. The summed E-state index contributed by atoms with van der Waals surface area (Å²) in [4.78, 5) is 3.81. The maximum atomic E-state index is 13.7. The minimum atomic E-state index is -0.978. The van der Waals surface area contributed by atoms with E-state index in [0.717, 1.165) is 19.2 Å². The Morgan fingerprint density at radius 3 is 2.42 bits per heavy atom. The fourth-order valence-corrected chi connectivity index (χ4v) is 3.17. The average Bonchev–Trinajstić information content (AvgIpc) is 3.07. The van der Waals surface area contributed by atoms with Crippen LogP contribution in [-0.4, -0.2) is 18.1 Å². The lowest BCUT2D eigenvalue weighted by Gasteiger charge is -2.25. The smallest absolute Gasteiger partial charge is 0.163 e. The molecule has 0 spiro atoms. The molecule has 0 radical (unpaired) electrons. The third kappa shape index (κ3) is 3.45. The zero-order valence-corrected chi connectivity index (χ0v) is 13.8. The molecular weight excluding hydrogens is 364 g/mol. The van der Waals surface area contributed by atoms with E-state index in [1.807, 2.05) is 0 Å². The molecule has 128 valence electrons. The van der Waals surface area contributed by atoms with Crippen molar-refractivity contribution in [2.75, 3.05) is 13.1 Å². The Bertz CT molecular complexity index is 728. The summed E-state index contributed by atoms with van der Waals surface area (Å²) in [7, 11) is 0. The quantitative estimate of drug-likeness (QED) is 0.795. The van der Waals surface area contributed by atoms with Crippen molar-refractivity contribution in [1.29, 1.82) is 0 Å². The van der Waals surface area contributed by atoms with Crippen LogP contribution in [0.4, 0.5) is 13.2 Å². The number of aromatic nitrogens is 1. The van der Waals surface area contributed by atoms with E-state index in [1.165, 1.54) is 12.3 Å². The Hall–Kier alpha value is -1.50. The topological polar surface area (TPSA) is 34.1 Å². The number of hydrogen-bond acceptors (Lipinski definition) is 3. The molecule has 1 saturated heterocycles. The molecule has 0 bridgehead atoms. The van der Waals surface area contributed by atoms with Gasteiger partial charge in [0.15, 0.2) is 5.75 Å². The van der Waals surface area contributed by atoms with Gasteiger partial charge in [-0.25, -0.2) is 13.2 Å². The van der Waals surface area contributed by atoms with Gasteiger partial charge in [0.05, 0.1) is 6.20 Å². The second-order valence-corrected chi connectivity index (χ2v) is 6.28. The summed E-state index contributed by atoms with van der Waals surface area (Å²) in [5, 5.41) is 2.34. The summed E-state index contributed by atoms with van der Waals surface area (Å²) in [6.45, 7) is 1.36. The molecule has 1 aliphatic heterocycles. The lowest BCUT2D eigenvalue weighted by atomic mass is 9.96. The predicted molar refractivity (Wildman–Crippen MR) is 84.9 cm³/mol. The van der Waals surface area contributed by atoms with Gasteiger partial charge in [-0.3, -0.25) is 4.98 Å². The van der Waals surface area contributed by atoms with E-state index in [4.69, 9.17) is 27.9 Å². The van der Waals surface area contributed by atoms with E-state index in [-0.39, 0.29) is 11.7 Å². The molecule has 8 heteroatoms. The standard InChI is InChI=1S/C16H13Cl2F3N2O/c17-13-11(20)4-12(21)14(18)16(13)24-15(8-1-2-22-5-8)9-3-10(19)7-23-6-9/h3-4,6-8,15,22H,1-2,5H2/t8-,15+/m1/s1. The fourth-order valence-electron chi connectivity index (χ4n) is 2.74. The predicted octanol–water partition coefficient (Wildman–Crippen LogP) is 4.54. The largest absolute Gasteiger partial charge is 0.482 e. The molecule has 1 aliphatic rings. The highest BCUT2D eigenvalue weighted by Crippen LogP contribution is 2.41. The number of rotatable bonds is 4. The highest BCUT2D eigenvalue weighted by molar-refractivity contribution is 6.37. The molecule has 1 aromatic carbocycles. The average molecular weight is 377 g/mol. The van der Waals surface area contributed by atoms with Crippen molar-refractivity contribution in [2.24, 2.45) is 5.92 Å². The second-order valence-electron chi connectivity index (χ2n) is 5.53. The SMILES string of the molecule is Fc1cncc([C@@H](Oc2c(Cl)c(F)cc(F)c2Cl)[C@@H]2CCNC2)c1. The van der Waals surface area contributed by atoms with Crippen LogP contribution in [0.1, 0.15) is 18.1 Å². The first-order valence-corrected chi connectivity index (χ1v) is 8.03. The van der Waals surface area contributed by atoms with Gasteiger partial charge >= 0.3 is 0 Å². The van der Waals surface area contributed by atoms with Crippen LogP contribution in [0, 0.1) is 23.4 Å². The molecule has 3 rings (SSSR count). The van der Waals surface area contributed by atoms with Crippen molar-refractivity contribution in [1.82, 2.24) is 10.3 Å². The molecule has 0 aliphatic carbocycles. The van der Waals surface area contributed by atoms with Crippen molar-refractivity contribution in [2.45, 2.75) is 12.5 Å². The normalized spacial score (nSPS) is 18.6. The molecular formula is C16H13Cl2F3N2O. The minimum Gasteiger partial charge on any atom is -0.482 e. The van der Waals surface area contributed by atoms with Crippen molar-refractivity contribution < 1.29 is 17.9 Å². The van der Waals surface area contributed by atoms with Crippen LogP contribution < -0.4 is 10.1 Å². The Morgan fingerprint density at radius 1 is 1.12 bits per heavy atom. The molecule has 0 unspecified atom stereocenters. The van der Waals surface area contributed by atoms with Gasteiger partial charge in [-0.05, 0) is 19.0 Å². The highest BCUT2D eigenvalue weighted by atomic mass is 35.5. The van der Waals surface area contributed by atoms with E-state index in [0.29, 0.717) is 18.2 Å². The third-order valence-corrected chi connectivity index (χ3v) is 4.60. The molecule has 1 fully saturated rings. The van der Waals surface area contributed by atoms with Gasteiger partial charge in [-0.1, -0.05) is 23.2 Å². The van der Waals surface area contributed by atoms with E-state index in [1.54, 1.807) is 0 Å². The van der Waals surface area contributed by atoms with Gasteiger partial charge in [-0.15, -0.1) is 0 Å². The first kappa shape index (κ1) is 17.3. The van der Waals surface area contributed by atoms with Crippen LogP contribution >= 0.6 is 23.2 Å². The van der Waals surface area contributed by atoms with E-state index < -0.39 is 33.6 Å². The molecule has 2 aromatic rings. The summed E-state index contributed by atoms with van der Waals surface area (Å²) < 4.78 is 46.7.